The summed E-state index contributed by atoms with van der Waals surface area (Å²) in [6.45, 7) is 5.05. The van der Waals surface area contributed by atoms with E-state index in [0.717, 1.165) is 0 Å². The third-order valence-corrected chi connectivity index (χ3v) is 2.73. The number of carboxylic acids is 1. The van der Waals surface area contributed by atoms with Crippen molar-refractivity contribution < 1.29 is 15.0 Å². The molecule has 0 saturated heterocycles. The Balaban J connectivity index is 2.75. The molecule has 0 amide bonds. The first-order chi connectivity index (χ1) is 7.80. The van der Waals surface area contributed by atoms with E-state index in [2.05, 4.69) is 4.98 Å². The summed E-state index contributed by atoms with van der Waals surface area (Å²) in [4.78, 5) is 15.0. The molecule has 2 N–H and O–H groups in total. The van der Waals surface area contributed by atoms with Gasteiger partial charge in [-0.3, -0.25) is 0 Å². The van der Waals surface area contributed by atoms with Crippen LogP contribution >= 0.6 is 0 Å². The molecule has 5 heteroatoms. The minimum Gasteiger partial charge on any atom is -0.476 e. The minimum absolute atomic E-state index is 0.00796. The van der Waals surface area contributed by atoms with E-state index in [-0.39, 0.29) is 5.69 Å². The summed E-state index contributed by atoms with van der Waals surface area (Å²) >= 11 is 0. The molecule has 90 valence electrons. The predicted octanol–water partition coefficient (Wildman–Crippen LogP) is 1.57. The summed E-state index contributed by atoms with van der Waals surface area (Å²) < 4.78 is 1.69. The Hall–Kier alpha value is -1.88. The molecule has 2 heterocycles. The fourth-order valence-electron chi connectivity index (χ4n) is 1.78. The van der Waals surface area contributed by atoms with Gasteiger partial charge in [0.25, 0.3) is 0 Å². The molecule has 5 nitrogen and oxygen atoms in total. The summed E-state index contributed by atoms with van der Waals surface area (Å²) in [5.74, 6) is -0.455. The number of aromatic carboxylic acids is 1. The number of rotatable bonds is 2. The van der Waals surface area contributed by atoms with Crippen molar-refractivity contribution in [2.24, 2.45) is 0 Å². The molecule has 2 aromatic rings. The number of aryl methyl sites for hydroxylation is 1. The van der Waals surface area contributed by atoms with Crippen LogP contribution in [0.3, 0.4) is 0 Å². The van der Waals surface area contributed by atoms with Crippen LogP contribution in [-0.2, 0) is 5.60 Å². The Morgan fingerprint density at radius 3 is 2.65 bits per heavy atom. The van der Waals surface area contributed by atoms with Gasteiger partial charge in [-0.05, 0) is 38.5 Å². The zero-order valence-corrected chi connectivity index (χ0v) is 9.93. The van der Waals surface area contributed by atoms with Crippen LogP contribution in [0.2, 0.25) is 0 Å². The smallest absolute Gasteiger partial charge is 0.356 e. The average molecular weight is 234 g/mol. The van der Waals surface area contributed by atoms with E-state index in [9.17, 15) is 9.90 Å². The first-order valence-corrected chi connectivity index (χ1v) is 5.25. The number of fused-ring (bicyclic) bond motifs is 1. The third kappa shape index (κ3) is 1.89. The number of imidazole rings is 1. The average Bonchev–Trinajstić information content (AvgIpc) is 2.54. The summed E-state index contributed by atoms with van der Waals surface area (Å²) in [5, 5.41) is 19.0. The Labute approximate surface area is 98.3 Å². The zero-order valence-electron chi connectivity index (χ0n) is 9.93. The highest BCUT2D eigenvalue weighted by Crippen LogP contribution is 2.23. The maximum Gasteiger partial charge on any atom is 0.356 e. The van der Waals surface area contributed by atoms with Crippen molar-refractivity contribution >= 4 is 11.5 Å². The van der Waals surface area contributed by atoms with Gasteiger partial charge in [-0.1, -0.05) is 0 Å². The lowest BCUT2D eigenvalue weighted by molar-refractivity contribution is 0.0691. The van der Waals surface area contributed by atoms with Gasteiger partial charge in [0, 0.05) is 6.20 Å². The second-order valence-corrected chi connectivity index (χ2v) is 4.54. The van der Waals surface area contributed by atoms with Crippen LogP contribution in [0.25, 0.3) is 5.52 Å². The highest BCUT2D eigenvalue weighted by atomic mass is 16.4. The number of carboxylic acid groups (broad SMARTS) is 1. The Morgan fingerprint density at radius 2 is 2.12 bits per heavy atom. The molecule has 0 aromatic carbocycles. The molecule has 0 bridgehead atoms. The van der Waals surface area contributed by atoms with E-state index >= 15 is 0 Å². The van der Waals surface area contributed by atoms with E-state index < -0.39 is 11.6 Å². The molecule has 0 aliphatic heterocycles. The first-order valence-electron chi connectivity index (χ1n) is 5.25. The van der Waals surface area contributed by atoms with E-state index in [4.69, 9.17) is 5.11 Å². The van der Waals surface area contributed by atoms with Crippen molar-refractivity contribution in [3.8, 4) is 0 Å². The van der Waals surface area contributed by atoms with Crippen LogP contribution in [0.1, 0.15) is 35.7 Å². The van der Waals surface area contributed by atoms with Crippen molar-refractivity contribution in [3.05, 3.63) is 35.4 Å². The Kier molecular flexibility index (Phi) is 2.43. The van der Waals surface area contributed by atoms with Crippen LogP contribution in [0.15, 0.2) is 18.3 Å². The van der Waals surface area contributed by atoms with Crippen molar-refractivity contribution in [2.75, 3.05) is 0 Å². The zero-order chi connectivity index (χ0) is 12.8. The van der Waals surface area contributed by atoms with Crippen molar-refractivity contribution in [2.45, 2.75) is 26.4 Å². The summed E-state index contributed by atoms with van der Waals surface area (Å²) in [5.41, 5.74) is 0.158. The molecular weight excluding hydrogens is 220 g/mol. The Morgan fingerprint density at radius 1 is 1.47 bits per heavy atom. The van der Waals surface area contributed by atoms with Crippen LogP contribution in [0.4, 0.5) is 0 Å². The highest BCUT2D eigenvalue weighted by molar-refractivity contribution is 5.93. The summed E-state index contributed by atoms with van der Waals surface area (Å²) in [6, 6.07) is 3.41. The number of aliphatic hydroxyl groups is 1. The fourth-order valence-corrected chi connectivity index (χ4v) is 1.78. The van der Waals surface area contributed by atoms with Gasteiger partial charge in [0.1, 0.15) is 5.82 Å². The third-order valence-electron chi connectivity index (χ3n) is 2.73. The summed E-state index contributed by atoms with van der Waals surface area (Å²) in [7, 11) is 0. The summed E-state index contributed by atoms with van der Waals surface area (Å²) in [6.07, 6.45) is 1.72. The monoisotopic (exact) mass is 234 g/mol. The van der Waals surface area contributed by atoms with Gasteiger partial charge >= 0.3 is 5.97 Å². The number of carbonyl (C=O) groups is 1. The number of aromatic nitrogens is 2. The number of nitrogens with zero attached hydrogens (tertiary/aromatic N) is 2. The van der Waals surface area contributed by atoms with Crippen LogP contribution in [-0.4, -0.2) is 25.6 Å². The van der Waals surface area contributed by atoms with Crippen molar-refractivity contribution in [1.82, 2.24) is 9.38 Å². The first kappa shape index (κ1) is 11.6. The van der Waals surface area contributed by atoms with Gasteiger partial charge in [0.2, 0.25) is 0 Å². The van der Waals surface area contributed by atoms with Gasteiger partial charge in [-0.25, -0.2) is 9.78 Å². The van der Waals surface area contributed by atoms with Crippen molar-refractivity contribution in [3.63, 3.8) is 0 Å². The Bertz CT molecular complexity index is 594. The number of pyridine rings is 1. The van der Waals surface area contributed by atoms with Gasteiger partial charge in [-0.15, -0.1) is 0 Å². The normalized spacial score (nSPS) is 12.0. The molecule has 0 saturated carbocycles. The van der Waals surface area contributed by atoms with Crippen LogP contribution in [0, 0.1) is 6.92 Å². The molecule has 0 spiro atoms. The number of hydrogen-bond acceptors (Lipinski definition) is 3. The second kappa shape index (κ2) is 3.56. The van der Waals surface area contributed by atoms with Gasteiger partial charge < -0.3 is 14.6 Å². The topological polar surface area (TPSA) is 74.8 Å². The molecule has 2 aromatic heterocycles. The van der Waals surface area contributed by atoms with E-state index in [1.807, 2.05) is 0 Å². The number of hydrogen-bond donors (Lipinski definition) is 2. The largest absolute Gasteiger partial charge is 0.476 e. The molecule has 0 aliphatic carbocycles. The van der Waals surface area contributed by atoms with Gasteiger partial charge in [0.15, 0.2) is 5.69 Å². The van der Waals surface area contributed by atoms with Crippen LogP contribution in [0.5, 0.6) is 0 Å². The second-order valence-electron chi connectivity index (χ2n) is 4.54. The minimum atomic E-state index is -1.07. The van der Waals surface area contributed by atoms with Gasteiger partial charge in [-0.2, -0.15) is 0 Å². The molecule has 0 aliphatic rings. The van der Waals surface area contributed by atoms with E-state index in [0.29, 0.717) is 16.9 Å². The lowest BCUT2D eigenvalue weighted by Gasteiger charge is -2.17. The quantitative estimate of drug-likeness (QED) is 0.827. The highest BCUT2D eigenvalue weighted by Gasteiger charge is 2.20. The van der Waals surface area contributed by atoms with Crippen molar-refractivity contribution in [1.29, 1.82) is 0 Å². The molecule has 0 atom stereocenters. The maximum atomic E-state index is 11.1. The lowest BCUT2D eigenvalue weighted by Crippen LogP contribution is -2.15. The molecule has 0 unspecified atom stereocenters. The SMILES string of the molecule is Cc1nc(C(=O)O)c2cc(C(C)(C)O)ccn12. The van der Waals surface area contributed by atoms with E-state index in [1.165, 1.54) is 0 Å². The fraction of sp³-hybridized carbons (Fsp3) is 0.333. The van der Waals surface area contributed by atoms with Gasteiger partial charge in [0.05, 0.1) is 11.1 Å². The molecule has 0 fully saturated rings. The standard InChI is InChI=1S/C12H14N2O3/c1-7-13-10(11(15)16)9-6-8(12(2,3)17)4-5-14(7)9/h4-6,17H,1-3H3,(H,15,16). The molecule has 17 heavy (non-hydrogen) atoms. The molecular formula is C12H14N2O3. The lowest BCUT2D eigenvalue weighted by atomic mass is 9.99. The van der Waals surface area contributed by atoms with Crippen LogP contribution < -0.4 is 0 Å². The van der Waals surface area contributed by atoms with E-state index in [1.54, 1.807) is 43.5 Å². The predicted molar refractivity (Wildman–Crippen MR) is 62.1 cm³/mol. The maximum absolute atomic E-state index is 11.1. The molecule has 2 rings (SSSR count). The molecule has 0 radical (unpaired) electrons.